The summed E-state index contributed by atoms with van der Waals surface area (Å²) in [5, 5.41) is 9.01. The predicted molar refractivity (Wildman–Crippen MR) is 61.7 cm³/mol. The molecule has 0 amide bonds. The molecule has 0 saturated carbocycles. The van der Waals surface area contributed by atoms with Crippen molar-refractivity contribution in [2.75, 3.05) is 19.8 Å². The third-order valence-corrected chi connectivity index (χ3v) is 3.02. The topological polar surface area (TPSA) is 64.5 Å². The lowest BCUT2D eigenvalue weighted by Crippen LogP contribution is -2.22. The first-order valence-electron chi connectivity index (χ1n) is 5.93. The highest BCUT2D eigenvalue weighted by Crippen LogP contribution is 2.16. The van der Waals surface area contributed by atoms with Gasteiger partial charge in [0.05, 0.1) is 18.9 Å². The Hall–Kier alpha value is -1.20. The summed E-state index contributed by atoms with van der Waals surface area (Å²) in [4.78, 5) is 8.27. The highest BCUT2D eigenvalue weighted by atomic mass is 16.5. The molecule has 0 bridgehead atoms. The number of aryl methyl sites for hydroxylation is 1. The third-order valence-electron chi connectivity index (χ3n) is 3.02. The molecule has 0 atom stereocenters. The minimum atomic E-state index is -0.0356. The van der Waals surface area contributed by atoms with Crippen LogP contribution in [0.15, 0.2) is 6.20 Å². The van der Waals surface area contributed by atoms with Crippen molar-refractivity contribution in [3.8, 4) is 6.01 Å². The van der Waals surface area contributed by atoms with E-state index in [1.165, 1.54) is 0 Å². The van der Waals surface area contributed by atoms with E-state index in [1.807, 2.05) is 6.92 Å². The van der Waals surface area contributed by atoms with E-state index < -0.39 is 0 Å². The van der Waals surface area contributed by atoms with E-state index in [0.29, 0.717) is 18.5 Å². The maximum atomic E-state index is 9.01. The average molecular weight is 238 g/mol. The van der Waals surface area contributed by atoms with Gasteiger partial charge in [-0.15, -0.1) is 0 Å². The van der Waals surface area contributed by atoms with Gasteiger partial charge >= 0.3 is 6.01 Å². The number of aliphatic hydroxyl groups excluding tert-OH is 1. The number of aliphatic hydroxyl groups is 1. The van der Waals surface area contributed by atoms with Gasteiger partial charge in [-0.1, -0.05) is 0 Å². The van der Waals surface area contributed by atoms with Crippen molar-refractivity contribution in [1.82, 2.24) is 9.97 Å². The molecule has 1 fully saturated rings. The molecule has 1 saturated heterocycles. The largest absolute Gasteiger partial charge is 0.463 e. The number of hydrogen-bond acceptors (Lipinski definition) is 5. The molecule has 94 valence electrons. The Balaban J connectivity index is 1.87. The number of rotatable bonds is 4. The van der Waals surface area contributed by atoms with Crippen LogP contribution in [0.3, 0.4) is 0 Å². The van der Waals surface area contributed by atoms with Gasteiger partial charge in [0.15, 0.2) is 0 Å². The predicted octanol–water partition coefficient (Wildman–Crippen LogP) is 1.08. The first-order valence-corrected chi connectivity index (χ1v) is 5.93. The number of aromatic nitrogens is 2. The molecule has 17 heavy (non-hydrogen) atoms. The summed E-state index contributed by atoms with van der Waals surface area (Å²) < 4.78 is 10.9. The molecule has 0 radical (unpaired) electrons. The zero-order chi connectivity index (χ0) is 12.1. The van der Waals surface area contributed by atoms with Gasteiger partial charge in [-0.05, 0) is 25.7 Å². The SMILES string of the molecule is Cc1nc(OCC2CCOCC2)ncc1CO. The molecule has 5 heteroatoms. The molecule has 1 aromatic rings. The first kappa shape index (κ1) is 12.3. The van der Waals surface area contributed by atoms with E-state index in [2.05, 4.69) is 9.97 Å². The molecule has 2 heterocycles. The summed E-state index contributed by atoms with van der Waals surface area (Å²) >= 11 is 0. The highest BCUT2D eigenvalue weighted by molar-refractivity contribution is 5.16. The van der Waals surface area contributed by atoms with Crippen molar-refractivity contribution in [2.24, 2.45) is 5.92 Å². The van der Waals surface area contributed by atoms with E-state index >= 15 is 0 Å². The molecule has 2 rings (SSSR count). The molecule has 1 aromatic heterocycles. The van der Waals surface area contributed by atoms with Gasteiger partial charge in [-0.3, -0.25) is 0 Å². The van der Waals surface area contributed by atoms with Gasteiger partial charge < -0.3 is 14.6 Å². The standard InChI is InChI=1S/C12H18N2O3/c1-9-11(7-15)6-13-12(14-9)17-8-10-2-4-16-5-3-10/h6,10,15H,2-5,7-8H2,1H3. The van der Waals surface area contributed by atoms with E-state index in [0.717, 1.165) is 37.3 Å². The van der Waals surface area contributed by atoms with Gasteiger partial charge in [0.25, 0.3) is 0 Å². The fourth-order valence-corrected chi connectivity index (χ4v) is 1.80. The highest BCUT2D eigenvalue weighted by Gasteiger charge is 2.15. The summed E-state index contributed by atoms with van der Waals surface area (Å²) in [6.45, 7) is 4.08. The molecule has 0 spiro atoms. The summed E-state index contributed by atoms with van der Waals surface area (Å²) in [5.74, 6) is 0.533. The summed E-state index contributed by atoms with van der Waals surface area (Å²) in [5.41, 5.74) is 1.51. The summed E-state index contributed by atoms with van der Waals surface area (Å²) in [6, 6.07) is 0.395. The molecule has 0 aliphatic carbocycles. The molecule has 1 N–H and O–H groups in total. The second-order valence-electron chi connectivity index (χ2n) is 4.29. The lowest BCUT2D eigenvalue weighted by molar-refractivity contribution is 0.0482. The van der Waals surface area contributed by atoms with Crippen LogP contribution < -0.4 is 4.74 Å². The van der Waals surface area contributed by atoms with E-state index in [-0.39, 0.29) is 6.61 Å². The van der Waals surface area contributed by atoms with Crippen LogP contribution in [0.5, 0.6) is 6.01 Å². The summed E-state index contributed by atoms with van der Waals surface area (Å²) in [6.07, 6.45) is 3.68. The van der Waals surface area contributed by atoms with Crippen molar-refractivity contribution >= 4 is 0 Å². The molecular formula is C12H18N2O3. The van der Waals surface area contributed by atoms with Gasteiger partial charge in [-0.25, -0.2) is 9.97 Å². The normalized spacial score (nSPS) is 17.1. The maximum absolute atomic E-state index is 9.01. The Bertz CT molecular complexity index is 365. The van der Waals surface area contributed by atoms with Crippen LogP contribution in [-0.2, 0) is 11.3 Å². The zero-order valence-electron chi connectivity index (χ0n) is 10.1. The number of hydrogen-bond donors (Lipinski definition) is 1. The second kappa shape index (κ2) is 5.93. The molecule has 0 aromatic carbocycles. The quantitative estimate of drug-likeness (QED) is 0.850. The monoisotopic (exact) mass is 238 g/mol. The minimum absolute atomic E-state index is 0.0356. The van der Waals surface area contributed by atoms with Crippen LogP contribution >= 0.6 is 0 Å². The molecule has 0 unspecified atom stereocenters. The van der Waals surface area contributed by atoms with Crippen LogP contribution in [-0.4, -0.2) is 34.9 Å². The first-order chi connectivity index (χ1) is 8.29. The van der Waals surface area contributed by atoms with Gasteiger partial charge in [0, 0.05) is 25.0 Å². The molecule has 1 aliphatic rings. The number of ether oxygens (including phenoxy) is 2. The Kier molecular flexibility index (Phi) is 4.28. The van der Waals surface area contributed by atoms with E-state index in [4.69, 9.17) is 14.6 Å². The fraction of sp³-hybridized carbons (Fsp3) is 0.667. The van der Waals surface area contributed by atoms with Crippen LogP contribution in [0.1, 0.15) is 24.1 Å². The number of nitrogens with zero attached hydrogens (tertiary/aromatic N) is 2. The lowest BCUT2D eigenvalue weighted by atomic mass is 10.0. The second-order valence-corrected chi connectivity index (χ2v) is 4.29. The minimum Gasteiger partial charge on any atom is -0.463 e. The van der Waals surface area contributed by atoms with Crippen molar-refractivity contribution in [2.45, 2.75) is 26.4 Å². The Labute approximate surface area is 101 Å². The summed E-state index contributed by atoms with van der Waals surface area (Å²) in [7, 11) is 0. The molecule has 1 aliphatic heterocycles. The fourth-order valence-electron chi connectivity index (χ4n) is 1.80. The third kappa shape index (κ3) is 3.38. The zero-order valence-corrected chi connectivity index (χ0v) is 10.1. The van der Waals surface area contributed by atoms with Crippen LogP contribution in [0.2, 0.25) is 0 Å². The maximum Gasteiger partial charge on any atom is 0.316 e. The smallest absolute Gasteiger partial charge is 0.316 e. The van der Waals surface area contributed by atoms with Gasteiger partial charge in [-0.2, -0.15) is 0 Å². The van der Waals surface area contributed by atoms with E-state index in [9.17, 15) is 0 Å². The Morgan fingerprint density at radius 2 is 2.24 bits per heavy atom. The van der Waals surface area contributed by atoms with Crippen LogP contribution in [0.25, 0.3) is 0 Å². The van der Waals surface area contributed by atoms with Crippen molar-refractivity contribution in [1.29, 1.82) is 0 Å². The van der Waals surface area contributed by atoms with Crippen molar-refractivity contribution in [3.05, 3.63) is 17.5 Å². The molecule has 5 nitrogen and oxygen atoms in total. The lowest BCUT2D eigenvalue weighted by Gasteiger charge is -2.21. The van der Waals surface area contributed by atoms with Crippen molar-refractivity contribution in [3.63, 3.8) is 0 Å². The van der Waals surface area contributed by atoms with E-state index in [1.54, 1.807) is 6.20 Å². The van der Waals surface area contributed by atoms with Gasteiger partial charge in [0.1, 0.15) is 0 Å². The van der Waals surface area contributed by atoms with Crippen LogP contribution in [0.4, 0.5) is 0 Å². The molecular weight excluding hydrogens is 220 g/mol. The average Bonchev–Trinajstić information content (AvgIpc) is 2.38. The Morgan fingerprint density at radius 3 is 2.88 bits per heavy atom. The Morgan fingerprint density at radius 1 is 1.47 bits per heavy atom. The van der Waals surface area contributed by atoms with Gasteiger partial charge in [0.2, 0.25) is 0 Å². The van der Waals surface area contributed by atoms with Crippen LogP contribution in [0, 0.1) is 12.8 Å². The van der Waals surface area contributed by atoms with Crippen molar-refractivity contribution < 1.29 is 14.6 Å².